The quantitative estimate of drug-likeness (QED) is 0.738. The van der Waals surface area contributed by atoms with Crippen molar-refractivity contribution in [2.75, 3.05) is 20.2 Å². The van der Waals surface area contributed by atoms with E-state index in [1.165, 1.54) is 39.3 Å². The van der Waals surface area contributed by atoms with Crippen LogP contribution in [0.3, 0.4) is 0 Å². The molecule has 0 aliphatic carbocycles. The van der Waals surface area contributed by atoms with Crippen molar-refractivity contribution in [1.29, 1.82) is 0 Å². The van der Waals surface area contributed by atoms with Crippen LogP contribution in [-0.2, 0) is 9.53 Å². The highest BCUT2D eigenvalue weighted by atomic mass is 16.5. The SMILES string of the molecule is CCC1CCCCN1CCCC(C)(N)C(=O)OC. The number of hydrogen-bond donors (Lipinski definition) is 1. The van der Waals surface area contributed by atoms with Crippen molar-refractivity contribution in [1.82, 2.24) is 4.90 Å². The van der Waals surface area contributed by atoms with E-state index in [2.05, 4.69) is 11.8 Å². The van der Waals surface area contributed by atoms with Gasteiger partial charge in [-0.15, -0.1) is 0 Å². The van der Waals surface area contributed by atoms with Gasteiger partial charge in [0.05, 0.1) is 7.11 Å². The Bertz CT molecular complexity index is 267. The zero-order chi connectivity index (χ0) is 13.6. The first-order valence-corrected chi connectivity index (χ1v) is 7.12. The lowest BCUT2D eigenvalue weighted by molar-refractivity contribution is -0.146. The molecule has 4 nitrogen and oxygen atoms in total. The third-order valence-corrected chi connectivity index (χ3v) is 4.01. The minimum atomic E-state index is -0.841. The zero-order valence-electron chi connectivity index (χ0n) is 12.1. The van der Waals surface area contributed by atoms with E-state index in [4.69, 9.17) is 10.5 Å². The topological polar surface area (TPSA) is 55.6 Å². The fourth-order valence-electron chi connectivity index (χ4n) is 2.80. The number of hydrogen-bond acceptors (Lipinski definition) is 4. The number of likely N-dealkylation sites (tertiary alicyclic amines) is 1. The summed E-state index contributed by atoms with van der Waals surface area (Å²) in [5.74, 6) is -0.312. The Morgan fingerprint density at radius 1 is 1.50 bits per heavy atom. The monoisotopic (exact) mass is 256 g/mol. The van der Waals surface area contributed by atoms with Crippen LogP contribution in [0.2, 0.25) is 0 Å². The largest absolute Gasteiger partial charge is 0.468 e. The third-order valence-electron chi connectivity index (χ3n) is 4.01. The molecule has 0 spiro atoms. The van der Waals surface area contributed by atoms with Crippen LogP contribution in [0.4, 0.5) is 0 Å². The molecule has 1 aliphatic heterocycles. The van der Waals surface area contributed by atoms with Gasteiger partial charge in [0, 0.05) is 6.04 Å². The smallest absolute Gasteiger partial charge is 0.325 e. The molecular weight excluding hydrogens is 228 g/mol. The molecule has 0 radical (unpaired) electrons. The van der Waals surface area contributed by atoms with E-state index >= 15 is 0 Å². The van der Waals surface area contributed by atoms with E-state index < -0.39 is 5.54 Å². The molecule has 0 aromatic carbocycles. The average molecular weight is 256 g/mol. The summed E-state index contributed by atoms with van der Waals surface area (Å²) in [6.07, 6.45) is 6.83. The first-order valence-electron chi connectivity index (χ1n) is 7.12. The zero-order valence-corrected chi connectivity index (χ0v) is 12.1. The highest BCUT2D eigenvalue weighted by Gasteiger charge is 2.29. The number of ether oxygens (including phenoxy) is 1. The van der Waals surface area contributed by atoms with Crippen molar-refractivity contribution in [3.8, 4) is 0 Å². The van der Waals surface area contributed by atoms with Crippen molar-refractivity contribution < 1.29 is 9.53 Å². The molecular formula is C14H28N2O2. The Kier molecular flexibility index (Phi) is 6.09. The number of esters is 1. The van der Waals surface area contributed by atoms with E-state index in [1.54, 1.807) is 6.92 Å². The molecule has 2 atom stereocenters. The van der Waals surface area contributed by atoms with Gasteiger partial charge in [0.2, 0.25) is 0 Å². The number of nitrogens with zero attached hydrogens (tertiary/aromatic N) is 1. The minimum absolute atomic E-state index is 0.312. The lowest BCUT2D eigenvalue weighted by Crippen LogP contribution is -2.47. The highest BCUT2D eigenvalue weighted by molar-refractivity contribution is 5.79. The van der Waals surface area contributed by atoms with E-state index in [-0.39, 0.29) is 5.97 Å². The van der Waals surface area contributed by atoms with E-state index in [1.807, 2.05) is 0 Å². The van der Waals surface area contributed by atoms with Crippen LogP contribution >= 0.6 is 0 Å². The van der Waals surface area contributed by atoms with Gasteiger partial charge in [-0.25, -0.2) is 0 Å². The van der Waals surface area contributed by atoms with Gasteiger partial charge in [0.25, 0.3) is 0 Å². The molecule has 1 rings (SSSR count). The van der Waals surface area contributed by atoms with Gasteiger partial charge in [-0.3, -0.25) is 4.79 Å². The molecule has 1 fully saturated rings. The second-order valence-corrected chi connectivity index (χ2v) is 5.61. The van der Waals surface area contributed by atoms with E-state index in [9.17, 15) is 4.79 Å². The Balaban J connectivity index is 2.34. The first-order chi connectivity index (χ1) is 8.51. The summed E-state index contributed by atoms with van der Waals surface area (Å²) in [7, 11) is 1.39. The van der Waals surface area contributed by atoms with Gasteiger partial charge in [-0.2, -0.15) is 0 Å². The second-order valence-electron chi connectivity index (χ2n) is 5.61. The summed E-state index contributed by atoms with van der Waals surface area (Å²) in [4.78, 5) is 14.0. The summed E-state index contributed by atoms with van der Waals surface area (Å²) < 4.78 is 4.72. The Morgan fingerprint density at radius 2 is 2.22 bits per heavy atom. The molecule has 0 aromatic heterocycles. The predicted molar refractivity (Wildman–Crippen MR) is 73.3 cm³/mol. The van der Waals surface area contributed by atoms with Crippen LogP contribution in [0.15, 0.2) is 0 Å². The van der Waals surface area contributed by atoms with Gasteiger partial charge in [-0.05, 0) is 52.1 Å². The van der Waals surface area contributed by atoms with Gasteiger partial charge in [-0.1, -0.05) is 13.3 Å². The molecule has 106 valence electrons. The highest BCUT2D eigenvalue weighted by Crippen LogP contribution is 2.20. The van der Waals surface area contributed by atoms with Crippen LogP contribution in [0.1, 0.15) is 52.4 Å². The molecule has 2 N–H and O–H groups in total. The fourth-order valence-corrected chi connectivity index (χ4v) is 2.80. The van der Waals surface area contributed by atoms with Gasteiger partial charge >= 0.3 is 5.97 Å². The lowest BCUT2D eigenvalue weighted by Gasteiger charge is -2.35. The molecule has 0 amide bonds. The maximum absolute atomic E-state index is 11.5. The number of carbonyl (C=O) groups is 1. The molecule has 0 saturated carbocycles. The molecule has 0 aromatic rings. The van der Waals surface area contributed by atoms with Crippen molar-refractivity contribution in [3.63, 3.8) is 0 Å². The number of methoxy groups -OCH3 is 1. The molecule has 18 heavy (non-hydrogen) atoms. The van der Waals surface area contributed by atoms with Crippen molar-refractivity contribution in [3.05, 3.63) is 0 Å². The van der Waals surface area contributed by atoms with Crippen molar-refractivity contribution in [2.24, 2.45) is 5.73 Å². The van der Waals surface area contributed by atoms with E-state index in [0.717, 1.165) is 19.0 Å². The van der Waals surface area contributed by atoms with Gasteiger partial charge in [0.1, 0.15) is 5.54 Å². The summed E-state index contributed by atoms with van der Waals surface area (Å²) in [5.41, 5.74) is 5.12. The maximum atomic E-state index is 11.5. The summed E-state index contributed by atoms with van der Waals surface area (Å²) in [6, 6.07) is 0.723. The Morgan fingerprint density at radius 3 is 2.83 bits per heavy atom. The molecule has 1 heterocycles. The predicted octanol–water partition coefficient (Wildman–Crippen LogP) is 1.92. The number of piperidine rings is 1. The summed E-state index contributed by atoms with van der Waals surface area (Å²) in [6.45, 7) is 6.25. The van der Waals surface area contributed by atoms with Crippen LogP contribution in [0.5, 0.6) is 0 Å². The first kappa shape index (κ1) is 15.4. The number of rotatable bonds is 6. The van der Waals surface area contributed by atoms with Crippen LogP contribution in [0.25, 0.3) is 0 Å². The lowest BCUT2D eigenvalue weighted by atomic mass is 9.95. The standard InChI is InChI=1S/C14H28N2O2/c1-4-12-8-5-6-10-16(12)11-7-9-14(2,15)13(17)18-3/h12H,4-11,15H2,1-3H3. The molecule has 1 saturated heterocycles. The van der Waals surface area contributed by atoms with Crippen molar-refractivity contribution in [2.45, 2.75) is 64.0 Å². The van der Waals surface area contributed by atoms with Gasteiger partial charge in [0.15, 0.2) is 0 Å². The normalized spacial score (nSPS) is 24.6. The molecule has 0 bridgehead atoms. The van der Waals surface area contributed by atoms with Crippen LogP contribution in [-0.4, -0.2) is 42.6 Å². The third kappa shape index (κ3) is 4.25. The maximum Gasteiger partial charge on any atom is 0.325 e. The summed E-state index contributed by atoms with van der Waals surface area (Å²) >= 11 is 0. The Hall–Kier alpha value is -0.610. The van der Waals surface area contributed by atoms with Crippen LogP contribution < -0.4 is 5.73 Å². The minimum Gasteiger partial charge on any atom is -0.468 e. The Labute approximate surface area is 111 Å². The second kappa shape index (κ2) is 7.10. The molecule has 4 heteroatoms. The average Bonchev–Trinajstić information content (AvgIpc) is 2.38. The number of carbonyl (C=O) groups excluding carboxylic acids is 1. The number of nitrogens with two attached hydrogens (primary N) is 1. The fraction of sp³-hybridized carbons (Fsp3) is 0.929. The van der Waals surface area contributed by atoms with Crippen LogP contribution in [0, 0.1) is 0 Å². The van der Waals surface area contributed by atoms with Gasteiger partial charge < -0.3 is 15.4 Å². The summed E-state index contributed by atoms with van der Waals surface area (Å²) in [5, 5.41) is 0. The molecule has 1 aliphatic rings. The van der Waals surface area contributed by atoms with Crippen molar-refractivity contribution >= 4 is 5.97 Å². The molecule has 2 unspecified atom stereocenters. The van der Waals surface area contributed by atoms with E-state index in [0.29, 0.717) is 6.42 Å².